The van der Waals surface area contributed by atoms with Gasteiger partial charge < -0.3 is 27.9 Å². The first-order valence-corrected chi connectivity index (χ1v) is 5.37. The molecule has 92 valence electrons. The molecule has 0 heterocycles. The number of quaternary nitrogens is 1. The van der Waals surface area contributed by atoms with Gasteiger partial charge in [-0.15, -0.1) is 0 Å². The van der Waals surface area contributed by atoms with E-state index < -0.39 is 0 Å². The largest absolute Gasteiger partial charge is 1.00 e. The van der Waals surface area contributed by atoms with Crippen molar-refractivity contribution in [2.45, 2.75) is 6.42 Å². The predicted molar refractivity (Wildman–Crippen MR) is 66.9 cm³/mol. The van der Waals surface area contributed by atoms with Crippen LogP contribution < -0.4 is 23.5 Å². The molecule has 0 aliphatic heterocycles. The van der Waals surface area contributed by atoms with Gasteiger partial charge in [-0.25, -0.2) is 0 Å². The lowest BCUT2D eigenvalue weighted by Crippen LogP contribution is -3.00. The Balaban J connectivity index is 0.00000225. The van der Waals surface area contributed by atoms with E-state index in [4.69, 9.17) is 5.73 Å². The fourth-order valence-electron chi connectivity index (χ4n) is 1.39. The fourth-order valence-corrected chi connectivity index (χ4v) is 1.39. The molecule has 3 nitrogen and oxygen atoms in total. The Morgan fingerprint density at radius 1 is 1.12 bits per heavy atom. The van der Waals surface area contributed by atoms with Crippen molar-refractivity contribution in [1.29, 1.82) is 0 Å². The second kappa shape index (κ2) is 6.61. The van der Waals surface area contributed by atoms with Crippen LogP contribution in [-0.4, -0.2) is 38.7 Å². The summed E-state index contributed by atoms with van der Waals surface area (Å²) in [5.74, 6) is 0. The molecule has 0 aromatic heterocycles. The number of nitrogens with two attached hydrogens (primary N) is 1. The number of nitrogen functional groups attached to an aromatic ring is 1. The van der Waals surface area contributed by atoms with Crippen LogP contribution in [0, 0.1) is 0 Å². The molecule has 0 unspecified atom stereocenters. The van der Waals surface area contributed by atoms with Crippen LogP contribution in [0.4, 0.5) is 11.4 Å². The van der Waals surface area contributed by atoms with Gasteiger partial charge in [0.1, 0.15) is 0 Å². The number of rotatable bonds is 5. The first-order valence-electron chi connectivity index (χ1n) is 5.37. The van der Waals surface area contributed by atoms with Crippen molar-refractivity contribution in [3.05, 3.63) is 24.3 Å². The van der Waals surface area contributed by atoms with Crippen molar-refractivity contribution in [3.8, 4) is 0 Å². The van der Waals surface area contributed by atoms with Crippen molar-refractivity contribution >= 4 is 11.4 Å². The summed E-state index contributed by atoms with van der Waals surface area (Å²) in [6.45, 7) is 2.20. The zero-order valence-corrected chi connectivity index (χ0v) is 11.1. The van der Waals surface area contributed by atoms with Crippen molar-refractivity contribution in [3.63, 3.8) is 0 Å². The summed E-state index contributed by atoms with van der Waals surface area (Å²) in [5, 5.41) is 3.38. The topological polar surface area (TPSA) is 38.0 Å². The molecule has 0 saturated carbocycles. The summed E-state index contributed by atoms with van der Waals surface area (Å²) >= 11 is 0. The van der Waals surface area contributed by atoms with E-state index in [1.54, 1.807) is 0 Å². The minimum absolute atomic E-state index is 0. The molecule has 0 saturated heterocycles. The second-order valence-electron chi connectivity index (χ2n) is 4.92. The van der Waals surface area contributed by atoms with Gasteiger partial charge in [0, 0.05) is 24.3 Å². The van der Waals surface area contributed by atoms with Gasteiger partial charge in [-0.3, -0.25) is 0 Å². The third-order valence-corrected chi connectivity index (χ3v) is 2.25. The Morgan fingerprint density at radius 2 is 1.69 bits per heavy atom. The molecule has 16 heavy (non-hydrogen) atoms. The molecule has 0 amide bonds. The van der Waals surface area contributed by atoms with Gasteiger partial charge in [-0.2, -0.15) is 0 Å². The van der Waals surface area contributed by atoms with Gasteiger partial charge in [0.05, 0.1) is 27.7 Å². The average Bonchev–Trinajstić information content (AvgIpc) is 2.14. The SMILES string of the molecule is C[N+](C)(C)CCCNc1ccc(N)cc1.[Cl-]. The lowest BCUT2D eigenvalue weighted by Gasteiger charge is -2.23. The van der Waals surface area contributed by atoms with E-state index in [0.717, 1.165) is 22.4 Å². The summed E-state index contributed by atoms with van der Waals surface area (Å²) in [4.78, 5) is 0. The molecular formula is C12H22ClN3. The van der Waals surface area contributed by atoms with E-state index in [-0.39, 0.29) is 12.4 Å². The highest BCUT2D eigenvalue weighted by Gasteiger charge is 2.04. The molecule has 0 spiro atoms. The molecule has 0 radical (unpaired) electrons. The van der Waals surface area contributed by atoms with Gasteiger partial charge in [-0.1, -0.05) is 0 Å². The monoisotopic (exact) mass is 243 g/mol. The fraction of sp³-hybridized carbons (Fsp3) is 0.500. The maximum atomic E-state index is 5.61. The van der Waals surface area contributed by atoms with E-state index in [1.807, 2.05) is 24.3 Å². The molecule has 1 aromatic rings. The summed E-state index contributed by atoms with van der Waals surface area (Å²) in [5.41, 5.74) is 7.56. The number of halogens is 1. The Labute approximate surface area is 105 Å². The third kappa shape index (κ3) is 6.53. The number of nitrogens with zero attached hydrogens (tertiary/aromatic N) is 1. The van der Waals surface area contributed by atoms with E-state index in [2.05, 4.69) is 26.5 Å². The second-order valence-corrected chi connectivity index (χ2v) is 4.92. The maximum absolute atomic E-state index is 5.61. The Bertz CT molecular complexity index is 290. The smallest absolute Gasteiger partial charge is 0.0797 e. The number of anilines is 2. The molecule has 0 fully saturated rings. The van der Waals surface area contributed by atoms with Gasteiger partial charge in [0.15, 0.2) is 0 Å². The third-order valence-electron chi connectivity index (χ3n) is 2.25. The van der Waals surface area contributed by atoms with Crippen molar-refractivity contribution in [2.24, 2.45) is 0 Å². The highest BCUT2D eigenvalue weighted by atomic mass is 35.5. The van der Waals surface area contributed by atoms with E-state index in [1.165, 1.54) is 13.0 Å². The molecule has 3 N–H and O–H groups in total. The minimum atomic E-state index is 0. The molecule has 0 bridgehead atoms. The number of benzene rings is 1. The summed E-state index contributed by atoms with van der Waals surface area (Å²) < 4.78 is 1.02. The van der Waals surface area contributed by atoms with E-state index >= 15 is 0 Å². The average molecular weight is 244 g/mol. The van der Waals surface area contributed by atoms with E-state index in [0.29, 0.717) is 0 Å². The van der Waals surface area contributed by atoms with Crippen LogP contribution in [0.1, 0.15) is 6.42 Å². The van der Waals surface area contributed by atoms with Crippen LogP contribution in [0.2, 0.25) is 0 Å². The summed E-state index contributed by atoms with van der Waals surface area (Å²) in [6, 6.07) is 7.87. The first kappa shape index (κ1) is 15.1. The van der Waals surface area contributed by atoms with Crippen molar-refractivity contribution < 1.29 is 16.9 Å². The molecule has 1 rings (SSSR count). The van der Waals surface area contributed by atoms with Crippen molar-refractivity contribution in [1.82, 2.24) is 0 Å². The highest BCUT2D eigenvalue weighted by Crippen LogP contribution is 2.10. The lowest BCUT2D eigenvalue weighted by atomic mass is 10.3. The Morgan fingerprint density at radius 3 is 2.19 bits per heavy atom. The molecule has 0 atom stereocenters. The summed E-state index contributed by atoms with van der Waals surface area (Å²) in [6.07, 6.45) is 1.17. The maximum Gasteiger partial charge on any atom is 0.0797 e. The Hall–Kier alpha value is -0.930. The lowest BCUT2D eigenvalue weighted by molar-refractivity contribution is -0.870. The van der Waals surface area contributed by atoms with Gasteiger partial charge in [-0.05, 0) is 24.3 Å². The molecule has 4 heteroatoms. The van der Waals surface area contributed by atoms with Crippen LogP contribution in [0.5, 0.6) is 0 Å². The molecule has 1 aromatic carbocycles. The van der Waals surface area contributed by atoms with Crippen LogP contribution >= 0.6 is 0 Å². The normalized spacial score (nSPS) is 10.7. The summed E-state index contributed by atoms with van der Waals surface area (Å²) in [7, 11) is 6.63. The minimum Gasteiger partial charge on any atom is -1.00 e. The quantitative estimate of drug-likeness (QED) is 0.387. The van der Waals surface area contributed by atoms with Crippen LogP contribution in [0.25, 0.3) is 0 Å². The Kier molecular flexibility index (Phi) is 6.22. The van der Waals surface area contributed by atoms with Crippen LogP contribution in [-0.2, 0) is 0 Å². The number of hydrogen-bond donors (Lipinski definition) is 2. The number of hydrogen-bond acceptors (Lipinski definition) is 2. The van der Waals surface area contributed by atoms with Gasteiger partial charge >= 0.3 is 0 Å². The van der Waals surface area contributed by atoms with Crippen LogP contribution in [0.3, 0.4) is 0 Å². The zero-order chi connectivity index (χ0) is 11.3. The van der Waals surface area contributed by atoms with Gasteiger partial charge in [0.2, 0.25) is 0 Å². The molecular weight excluding hydrogens is 222 g/mol. The highest BCUT2D eigenvalue weighted by molar-refractivity contribution is 5.50. The number of nitrogens with one attached hydrogen (secondary N) is 1. The standard InChI is InChI=1S/C12H22N3.ClH/c1-15(2,3)10-4-9-14-12-7-5-11(13)6-8-12;/h5-8,14H,4,9-10,13H2,1-3H3;1H/q+1;/p-1. The van der Waals surface area contributed by atoms with Crippen molar-refractivity contribution in [2.75, 3.05) is 45.3 Å². The predicted octanol–water partition coefficient (Wildman–Crippen LogP) is -1.22. The van der Waals surface area contributed by atoms with Crippen LogP contribution in [0.15, 0.2) is 24.3 Å². The first-order chi connectivity index (χ1) is 6.97. The zero-order valence-electron chi connectivity index (χ0n) is 10.3. The van der Waals surface area contributed by atoms with Gasteiger partial charge in [0.25, 0.3) is 0 Å². The van der Waals surface area contributed by atoms with E-state index in [9.17, 15) is 0 Å². The molecule has 0 aliphatic rings. The molecule has 0 aliphatic carbocycles.